The number of aromatic nitrogens is 1. The number of ether oxygens (including phenoxy) is 1. The van der Waals surface area contributed by atoms with Gasteiger partial charge in [0.15, 0.2) is 11.5 Å². The summed E-state index contributed by atoms with van der Waals surface area (Å²) in [7, 11) is 1.63. The third-order valence-corrected chi connectivity index (χ3v) is 4.09. The molecule has 0 unspecified atom stereocenters. The molecule has 0 radical (unpaired) electrons. The quantitative estimate of drug-likeness (QED) is 0.405. The van der Waals surface area contributed by atoms with Gasteiger partial charge in [0.05, 0.1) is 7.11 Å². The third-order valence-electron chi connectivity index (χ3n) is 4.09. The van der Waals surface area contributed by atoms with Crippen LogP contribution in [0.2, 0.25) is 0 Å². The summed E-state index contributed by atoms with van der Waals surface area (Å²) in [5.74, 6) is 0.154. The number of fused-ring (bicyclic) bond motifs is 1. The molecule has 6 nitrogen and oxygen atoms in total. The Morgan fingerprint density at radius 1 is 1.19 bits per heavy atom. The van der Waals surface area contributed by atoms with Crippen molar-refractivity contribution in [3.8, 4) is 17.2 Å². The topological polar surface area (TPSA) is 94.6 Å². The molecular weight excluding hydrogens is 332 g/mol. The molecule has 1 aromatic heterocycles. The highest BCUT2D eigenvalue weighted by atomic mass is 16.5. The van der Waals surface area contributed by atoms with E-state index in [0.29, 0.717) is 18.5 Å². The Hall–Kier alpha value is -3.41. The molecule has 3 aromatic rings. The van der Waals surface area contributed by atoms with Crippen molar-refractivity contribution in [1.29, 1.82) is 0 Å². The number of phenols is 2. The van der Waals surface area contributed by atoms with Gasteiger partial charge in [0, 0.05) is 29.7 Å². The lowest BCUT2D eigenvalue weighted by Crippen LogP contribution is -2.23. The summed E-state index contributed by atoms with van der Waals surface area (Å²) >= 11 is 0. The molecule has 0 saturated carbocycles. The van der Waals surface area contributed by atoms with Crippen molar-refractivity contribution < 1.29 is 19.7 Å². The number of hydrogen-bond acceptors (Lipinski definition) is 4. The number of hydrogen-bond donors (Lipinski definition) is 4. The second-order valence-corrected chi connectivity index (χ2v) is 5.85. The fourth-order valence-electron chi connectivity index (χ4n) is 2.69. The predicted molar refractivity (Wildman–Crippen MR) is 100 cm³/mol. The van der Waals surface area contributed by atoms with E-state index in [2.05, 4.69) is 10.3 Å². The Morgan fingerprint density at radius 3 is 2.81 bits per heavy atom. The number of amides is 1. The van der Waals surface area contributed by atoms with Gasteiger partial charge in [-0.2, -0.15) is 0 Å². The van der Waals surface area contributed by atoms with E-state index < -0.39 is 0 Å². The monoisotopic (exact) mass is 352 g/mol. The summed E-state index contributed by atoms with van der Waals surface area (Å²) in [6.45, 7) is 0.494. The van der Waals surface area contributed by atoms with Crippen LogP contribution in [0.5, 0.6) is 17.2 Å². The molecule has 0 saturated heterocycles. The van der Waals surface area contributed by atoms with Gasteiger partial charge in [0.2, 0.25) is 5.91 Å². The molecule has 0 aliphatic rings. The summed E-state index contributed by atoms with van der Waals surface area (Å²) in [5.41, 5.74) is 2.75. The number of aromatic hydroxyl groups is 2. The van der Waals surface area contributed by atoms with Gasteiger partial charge in [0.25, 0.3) is 0 Å². The minimum Gasteiger partial charge on any atom is -0.504 e. The number of H-pyrrole nitrogens is 1. The first-order valence-corrected chi connectivity index (χ1v) is 8.18. The molecule has 4 N–H and O–H groups in total. The van der Waals surface area contributed by atoms with Crippen LogP contribution in [0.1, 0.15) is 11.1 Å². The highest BCUT2D eigenvalue weighted by Gasteiger charge is 2.06. The van der Waals surface area contributed by atoms with E-state index in [1.165, 1.54) is 18.2 Å². The minimum absolute atomic E-state index is 0.193. The normalized spacial score (nSPS) is 11.1. The third kappa shape index (κ3) is 3.97. The summed E-state index contributed by atoms with van der Waals surface area (Å²) in [5, 5.41) is 22.6. The highest BCUT2D eigenvalue weighted by molar-refractivity contribution is 5.92. The molecule has 0 atom stereocenters. The fourth-order valence-corrected chi connectivity index (χ4v) is 2.69. The first-order valence-electron chi connectivity index (χ1n) is 8.18. The second kappa shape index (κ2) is 7.65. The number of carbonyl (C=O) groups is 1. The molecule has 0 bridgehead atoms. The number of nitrogens with one attached hydrogen (secondary N) is 2. The average molecular weight is 352 g/mol. The molecule has 0 aliphatic heterocycles. The summed E-state index contributed by atoms with van der Waals surface area (Å²) in [4.78, 5) is 15.1. The Bertz CT molecular complexity index is 960. The zero-order chi connectivity index (χ0) is 18.5. The minimum atomic E-state index is -0.227. The second-order valence-electron chi connectivity index (χ2n) is 5.85. The molecule has 0 spiro atoms. The molecule has 1 heterocycles. The molecular formula is C20H20N2O4. The maximum absolute atomic E-state index is 11.9. The Balaban J connectivity index is 1.56. The van der Waals surface area contributed by atoms with Crippen LogP contribution in [-0.4, -0.2) is 34.8 Å². The lowest BCUT2D eigenvalue weighted by atomic mass is 10.1. The summed E-state index contributed by atoms with van der Waals surface area (Å²) < 4.78 is 5.25. The van der Waals surface area contributed by atoms with Crippen LogP contribution in [-0.2, 0) is 11.2 Å². The van der Waals surface area contributed by atoms with E-state index in [1.54, 1.807) is 19.3 Å². The van der Waals surface area contributed by atoms with Gasteiger partial charge in [-0.25, -0.2) is 0 Å². The lowest BCUT2D eigenvalue weighted by molar-refractivity contribution is -0.116. The van der Waals surface area contributed by atoms with Gasteiger partial charge in [0.1, 0.15) is 5.75 Å². The van der Waals surface area contributed by atoms with Crippen LogP contribution in [0.25, 0.3) is 17.0 Å². The summed E-state index contributed by atoms with van der Waals surface area (Å²) in [6.07, 6.45) is 5.59. The zero-order valence-corrected chi connectivity index (χ0v) is 14.3. The van der Waals surface area contributed by atoms with E-state index in [1.807, 2.05) is 24.4 Å². The Morgan fingerprint density at radius 2 is 2.04 bits per heavy atom. The zero-order valence-electron chi connectivity index (χ0n) is 14.3. The lowest BCUT2D eigenvalue weighted by Gasteiger charge is -2.03. The van der Waals surface area contributed by atoms with Crippen LogP contribution < -0.4 is 10.1 Å². The number of methoxy groups -OCH3 is 1. The van der Waals surface area contributed by atoms with Crippen molar-refractivity contribution in [3.63, 3.8) is 0 Å². The highest BCUT2D eigenvalue weighted by Crippen LogP contribution is 2.25. The van der Waals surface area contributed by atoms with Gasteiger partial charge in [-0.15, -0.1) is 0 Å². The average Bonchev–Trinajstić information content (AvgIpc) is 3.05. The maximum atomic E-state index is 11.9. The largest absolute Gasteiger partial charge is 0.504 e. The van der Waals surface area contributed by atoms with Gasteiger partial charge in [-0.05, 0) is 54.0 Å². The van der Waals surface area contributed by atoms with E-state index in [-0.39, 0.29) is 17.4 Å². The van der Waals surface area contributed by atoms with Crippen molar-refractivity contribution in [2.24, 2.45) is 0 Å². The number of benzene rings is 2. The Labute approximate surface area is 150 Å². The SMILES string of the molecule is COc1ccc2[nH]cc(CCNC(=O)C=Cc3ccc(O)c(O)c3)c2c1. The van der Waals surface area contributed by atoms with Crippen molar-refractivity contribution in [1.82, 2.24) is 10.3 Å². The molecule has 3 rings (SSSR count). The van der Waals surface area contributed by atoms with Crippen molar-refractivity contribution in [3.05, 3.63) is 59.8 Å². The molecule has 1 amide bonds. The fraction of sp³-hybridized carbons (Fsp3) is 0.150. The van der Waals surface area contributed by atoms with Gasteiger partial charge < -0.3 is 25.3 Å². The van der Waals surface area contributed by atoms with Gasteiger partial charge in [-0.3, -0.25) is 4.79 Å². The molecule has 0 aliphatic carbocycles. The first kappa shape index (κ1) is 17.4. The van der Waals surface area contributed by atoms with Crippen molar-refractivity contribution in [2.45, 2.75) is 6.42 Å². The molecule has 2 aromatic carbocycles. The van der Waals surface area contributed by atoms with Crippen LogP contribution in [0.3, 0.4) is 0 Å². The standard InChI is InChI=1S/C20H20N2O4/c1-26-15-4-5-17-16(11-15)14(12-22-17)8-9-21-20(25)7-3-13-2-6-18(23)19(24)10-13/h2-7,10-12,22-24H,8-9H2,1H3,(H,21,25). The smallest absolute Gasteiger partial charge is 0.244 e. The number of carbonyl (C=O) groups excluding carboxylic acids is 1. The number of aromatic amines is 1. The van der Waals surface area contributed by atoms with Gasteiger partial charge in [-0.1, -0.05) is 6.07 Å². The molecule has 134 valence electrons. The van der Waals surface area contributed by atoms with Crippen LogP contribution >= 0.6 is 0 Å². The predicted octanol–water partition coefficient (Wildman–Crippen LogP) is 2.96. The molecule has 6 heteroatoms. The first-order chi connectivity index (χ1) is 12.6. The van der Waals surface area contributed by atoms with E-state index in [0.717, 1.165) is 22.2 Å². The number of rotatable bonds is 6. The number of phenolic OH excluding ortho intramolecular Hbond substituents is 2. The Kier molecular flexibility index (Phi) is 5.12. The summed E-state index contributed by atoms with van der Waals surface area (Å²) in [6, 6.07) is 10.2. The van der Waals surface area contributed by atoms with Crippen LogP contribution in [0.4, 0.5) is 0 Å². The van der Waals surface area contributed by atoms with Crippen LogP contribution in [0.15, 0.2) is 48.7 Å². The van der Waals surface area contributed by atoms with Crippen LogP contribution in [0, 0.1) is 0 Å². The van der Waals surface area contributed by atoms with Crippen molar-refractivity contribution in [2.75, 3.05) is 13.7 Å². The molecule has 26 heavy (non-hydrogen) atoms. The van der Waals surface area contributed by atoms with Gasteiger partial charge >= 0.3 is 0 Å². The van der Waals surface area contributed by atoms with E-state index in [9.17, 15) is 15.0 Å². The van der Waals surface area contributed by atoms with Crippen molar-refractivity contribution >= 4 is 22.9 Å². The maximum Gasteiger partial charge on any atom is 0.244 e. The van der Waals surface area contributed by atoms with E-state index >= 15 is 0 Å². The van der Waals surface area contributed by atoms with E-state index in [4.69, 9.17) is 4.74 Å². The molecule has 0 fully saturated rings.